The van der Waals surface area contributed by atoms with Gasteiger partial charge in [-0.05, 0) is 35.4 Å². The maximum atomic E-state index is 8.75. The fourth-order valence-electron chi connectivity index (χ4n) is 1.31. The number of nitrogens with zero attached hydrogens (tertiary/aromatic N) is 2. The molecule has 0 bridgehead atoms. The lowest BCUT2D eigenvalue weighted by Gasteiger charge is -2.01. The van der Waals surface area contributed by atoms with Crippen LogP contribution in [0.5, 0.6) is 0 Å². The number of allylic oxidation sites excluding steroid dienone is 1. The van der Waals surface area contributed by atoms with Gasteiger partial charge < -0.3 is 0 Å². The molecule has 1 heterocycles. The summed E-state index contributed by atoms with van der Waals surface area (Å²) >= 11 is 0. The molecule has 1 aliphatic heterocycles. The predicted octanol–water partition coefficient (Wildman–Crippen LogP) is 2.63. The quantitative estimate of drug-likeness (QED) is 0.604. The molecule has 2 nitrogen and oxygen atoms in total. The van der Waals surface area contributed by atoms with Crippen molar-refractivity contribution in [2.24, 2.45) is 4.99 Å². The number of benzene rings is 1. The number of hydrogen-bond donors (Lipinski definition) is 0. The summed E-state index contributed by atoms with van der Waals surface area (Å²) in [6, 6.07) is 7.73. The Morgan fingerprint density at radius 2 is 2.07 bits per heavy atom. The van der Waals surface area contributed by atoms with E-state index in [2.05, 4.69) is 11.1 Å². The third kappa shape index (κ3) is 1.62. The highest BCUT2D eigenvalue weighted by atomic mass is 14.7. The Morgan fingerprint density at radius 1 is 1.14 bits per heavy atom. The van der Waals surface area contributed by atoms with Crippen molar-refractivity contribution in [1.29, 1.82) is 5.26 Å². The Morgan fingerprint density at radius 3 is 2.93 bits per heavy atom. The van der Waals surface area contributed by atoms with Gasteiger partial charge in [0.1, 0.15) is 0 Å². The average Bonchev–Trinajstić information content (AvgIpc) is 2.18. The molecule has 0 atom stereocenters. The molecule has 14 heavy (non-hydrogen) atoms. The Bertz CT molecular complexity index is 474. The van der Waals surface area contributed by atoms with E-state index in [-0.39, 0.29) is 0 Å². The minimum absolute atomic E-state index is 0.680. The Kier molecular flexibility index (Phi) is 2.24. The van der Waals surface area contributed by atoms with Gasteiger partial charge in [0, 0.05) is 12.4 Å². The van der Waals surface area contributed by atoms with Crippen LogP contribution in [0.15, 0.2) is 35.5 Å². The van der Waals surface area contributed by atoms with Gasteiger partial charge >= 0.3 is 0 Å². The molecule has 2 heteroatoms. The summed E-state index contributed by atoms with van der Waals surface area (Å²) in [5, 5.41) is 8.75. The van der Waals surface area contributed by atoms with Gasteiger partial charge in [0.2, 0.25) is 0 Å². The molecule has 0 aromatic heterocycles. The highest BCUT2D eigenvalue weighted by molar-refractivity contribution is 5.82. The summed E-state index contributed by atoms with van der Waals surface area (Å²) in [7, 11) is 0. The maximum Gasteiger partial charge on any atom is 0.0991 e. The topological polar surface area (TPSA) is 36.1 Å². The van der Waals surface area contributed by atoms with Crippen LogP contribution in [-0.4, -0.2) is 6.21 Å². The lowest BCUT2D eigenvalue weighted by Crippen LogP contribution is -1.84. The zero-order valence-electron chi connectivity index (χ0n) is 7.51. The van der Waals surface area contributed by atoms with E-state index < -0.39 is 0 Å². The summed E-state index contributed by atoms with van der Waals surface area (Å²) in [6.07, 6.45) is 9.20. The van der Waals surface area contributed by atoms with Gasteiger partial charge in [-0.2, -0.15) is 5.26 Å². The molecular formula is C12H8N2. The molecule has 1 aromatic rings. The summed E-state index contributed by atoms with van der Waals surface area (Å²) in [5.74, 6) is 0. The van der Waals surface area contributed by atoms with Crippen LogP contribution >= 0.6 is 0 Å². The van der Waals surface area contributed by atoms with Crippen LogP contribution in [-0.2, 0) is 0 Å². The third-order valence-corrected chi connectivity index (χ3v) is 2.00. The summed E-state index contributed by atoms with van der Waals surface area (Å²) in [6.45, 7) is 0. The second kappa shape index (κ2) is 3.71. The van der Waals surface area contributed by atoms with Crippen LogP contribution < -0.4 is 0 Å². The highest BCUT2D eigenvalue weighted by Gasteiger charge is 1.98. The van der Waals surface area contributed by atoms with E-state index in [1.807, 2.05) is 36.4 Å². The molecule has 1 aliphatic rings. The van der Waals surface area contributed by atoms with Crippen LogP contribution in [0.1, 0.15) is 16.7 Å². The lowest BCUT2D eigenvalue weighted by molar-refractivity contribution is 1.47. The zero-order valence-corrected chi connectivity index (χ0v) is 7.51. The largest absolute Gasteiger partial charge is 0.265 e. The van der Waals surface area contributed by atoms with Crippen LogP contribution in [0, 0.1) is 11.3 Å². The summed E-state index contributed by atoms with van der Waals surface area (Å²) in [4.78, 5) is 4.01. The van der Waals surface area contributed by atoms with E-state index in [0.717, 1.165) is 11.1 Å². The predicted molar refractivity (Wildman–Crippen MR) is 57.7 cm³/mol. The molecule has 0 spiro atoms. The molecule has 0 radical (unpaired) electrons. The van der Waals surface area contributed by atoms with Crippen molar-refractivity contribution >= 4 is 18.4 Å². The van der Waals surface area contributed by atoms with Gasteiger partial charge in [-0.3, -0.25) is 4.99 Å². The molecule has 0 N–H and O–H groups in total. The monoisotopic (exact) mass is 180 g/mol. The lowest BCUT2D eigenvalue weighted by atomic mass is 10.0. The van der Waals surface area contributed by atoms with Gasteiger partial charge in [-0.25, -0.2) is 0 Å². The molecule has 2 rings (SSSR count). The molecule has 0 saturated heterocycles. The molecule has 0 unspecified atom stereocenters. The van der Waals surface area contributed by atoms with Crippen molar-refractivity contribution in [1.82, 2.24) is 0 Å². The normalized spacial score (nSPS) is 19.6. The Hall–Kier alpha value is -2.14. The number of rotatable bonds is 0. The fraction of sp³-hybridized carbons (Fsp3) is 0. The van der Waals surface area contributed by atoms with Crippen LogP contribution in [0.25, 0.3) is 12.2 Å². The first kappa shape index (κ1) is 8.46. The first-order valence-corrected chi connectivity index (χ1v) is 4.31. The van der Waals surface area contributed by atoms with Crippen LogP contribution in [0.4, 0.5) is 0 Å². The Labute approximate surface area is 82.5 Å². The first-order valence-electron chi connectivity index (χ1n) is 4.31. The van der Waals surface area contributed by atoms with Gasteiger partial charge in [-0.15, -0.1) is 0 Å². The van der Waals surface area contributed by atoms with Crippen LogP contribution in [0.3, 0.4) is 0 Å². The van der Waals surface area contributed by atoms with Gasteiger partial charge in [0.25, 0.3) is 0 Å². The van der Waals surface area contributed by atoms with Gasteiger partial charge in [-0.1, -0.05) is 12.1 Å². The maximum absolute atomic E-state index is 8.75. The average molecular weight is 180 g/mol. The Balaban J connectivity index is 2.56. The van der Waals surface area contributed by atoms with E-state index in [1.165, 1.54) is 0 Å². The number of nitriles is 1. The van der Waals surface area contributed by atoms with Gasteiger partial charge in [0.15, 0.2) is 0 Å². The standard InChI is InChI=1S/C12H8N2/c13-9-10-3-4-11-5-7-14-6-1-2-12(11)8-10/h1-8H/b2-1-,6-1?,7-5-,11-5?,12-2?,14-6-,14-7?. The molecule has 0 fully saturated rings. The van der Waals surface area contributed by atoms with Crippen molar-refractivity contribution in [3.63, 3.8) is 0 Å². The molecule has 66 valence electrons. The molecular weight excluding hydrogens is 172 g/mol. The second-order valence-corrected chi connectivity index (χ2v) is 2.93. The number of aliphatic imine (C=N–C) groups is 1. The minimum atomic E-state index is 0.680. The van der Waals surface area contributed by atoms with Gasteiger partial charge in [0.05, 0.1) is 11.6 Å². The molecule has 0 aliphatic carbocycles. The van der Waals surface area contributed by atoms with Crippen molar-refractivity contribution in [2.75, 3.05) is 0 Å². The van der Waals surface area contributed by atoms with E-state index in [0.29, 0.717) is 5.56 Å². The van der Waals surface area contributed by atoms with Crippen LogP contribution in [0.2, 0.25) is 0 Å². The van der Waals surface area contributed by atoms with Crippen molar-refractivity contribution in [3.8, 4) is 6.07 Å². The van der Waals surface area contributed by atoms with E-state index in [4.69, 9.17) is 5.26 Å². The number of fused-ring (bicyclic) bond motifs is 1. The van der Waals surface area contributed by atoms with Crippen molar-refractivity contribution < 1.29 is 0 Å². The molecule has 0 saturated carbocycles. The minimum Gasteiger partial charge on any atom is -0.265 e. The third-order valence-electron chi connectivity index (χ3n) is 2.00. The summed E-state index contributed by atoms with van der Waals surface area (Å²) < 4.78 is 0. The smallest absolute Gasteiger partial charge is 0.0991 e. The number of hydrogen-bond acceptors (Lipinski definition) is 2. The SMILES string of the molecule is N#Cc1ccc2c(c1)\C=C/C=N\C=C/2. The zero-order chi connectivity index (χ0) is 9.80. The van der Waals surface area contributed by atoms with Crippen molar-refractivity contribution in [3.05, 3.63) is 47.2 Å². The highest BCUT2D eigenvalue weighted by Crippen LogP contribution is 2.16. The summed E-state index contributed by atoms with van der Waals surface area (Å²) in [5.41, 5.74) is 2.81. The first-order chi connectivity index (χ1) is 6.90. The fourth-order valence-corrected chi connectivity index (χ4v) is 1.31. The molecule has 1 aromatic carbocycles. The van der Waals surface area contributed by atoms with Crippen molar-refractivity contribution in [2.45, 2.75) is 0 Å². The van der Waals surface area contributed by atoms with E-state index in [1.54, 1.807) is 12.4 Å². The second-order valence-electron chi connectivity index (χ2n) is 2.93. The van der Waals surface area contributed by atoms with E-state index in [9.17, 15) is 0 Å². The molecule has 0 amide bonds. The van der Waals surface area contributed by atoms with E-state index >= 15 is 0 Å².